The zero-order valence-electron chi connectivity index (χ0n) is 16.7. The molecular weight excluding hydrogens is 384 g/mol. The minimum absolute atomic E-state index is 0.0789. The molecule has 1 unspecified atom stereocenters. The van der Waals surface area contributed by atoms with Gasteiger partial charge in [-0.15, -0.1) is 0 Å². The first kappa shape index (κ1) is 20.7. The highest BCUT2D eigenvalue weighted by Gasteiger charge is 2.42. The van der Waals surface area contributed by atoms with Crippen LogP contribution in [0.5, 0.6) is 0 Å². The molecule has 2 atom stereocenters. The Kier molecular flexibility index (Phi) is 6.23. The molecule has 156 valence electrons. The van der Waals surface area contributed by atoms with Gasteiger partial charge in [0, 0.05) is 26.1 Å². The van der Waals surface area contributed by atoms with E-state index >= 15 is 0 Å². The monoisotopic (exact) mass is 409 g/mol. The van der Waals surface area contributed by atoms with Crippen LogP contribution in [0, 0.1) is 11.6 Å². The second-order valence-corrected chi connectivity index (χ2v) is 7.78. The Hall–Kier alpha value is -2.60. The zero-order valence-corrected chi connectivity index (χ0v) is 16.7. The van der Waals surface area contributed by atoms with Gasteiger partial charge in [-0.1, -0.05) is 60.7 Å². The summed E-state index contributed by atoms with van der Waals surface area (Å²) >= 11 is 0. The van der Waals surface area contributed by atoms with Crippen molar-refractivity contribution in [3.05, 3.63) is 107 Å². The van der Waals surface area contributed by atoms with Gasteiger partial charge in [-0.05, 0) is 34.9 Å². The van der Waals surface area contributed by atoms with Crippen LogP contribution in [0.2, 0.25) is 0 Å². The average molecular weight is 409 g/mol. The number of morpholine rings is 1. The molecule has 0 aromatic heterocycles. The molecule has 3 nitrogen and oxygen atoms in total. The Labute approximate surface area is 175 Å². The van der Waals surface area contributed by atoms with Crippen molar-refractivity contribution in [2.45, 2.75) is 24.7 Å². The first-order chi connectivity index (χ1) is 14.5. The molecule has 1 saturated heterocycles. The third kappa shape index (κ3) is 4.59. The Morgan fingerprint density at radius 1 is 0.967 bits per heavy atom. The van der Waals surface area contributed by atoms with E-state index in [9.17, 15) is 13.9 Å². The van der Waals surface area contributed by atoms with E-state index in [1.54, 1.807) is 12.1 Å². The molecule has 3 aromatic carbocycles. The van der Waals surface area contributed by atoms with Crippen LogP contribution in [-0.2, 0) is 23.3 Å². The lowest BCUT2D eigenvalue weighted by Crippen LogP contribution is -2.53. The first-order valence-corrected chi connectivity index (χ1v) is 10.1. The first-order valence-electron chi connectivity index (χ1n) is 10.1. The second-order valence-electron chi connectivity index (χ2n) is 7.78. The van der Waals surface area contributed by atoms with Gasteiger partial charge in [-0.25, -0.2) is 8.78 Å². The third-order valence-electron chi connectivity index (χ3n) is 5.67. The van der Waals surface area contributed by atoms with E-state index in [0.717, 1.165) is 31.3 Å². The van der Waals surface area contributed by atoms with Gasteiger partial charge in [0.25, 0.3) is 0 Å². The summed E-state index contributed by atoms with van der Waals surface area (Å²) in [6.07, 6.45) is -0.662. The van der Waals surface area contributed by atoms with Crippen LogP contribution < -0.4 is 0 Å². The highest BCUT2D eigenvalue weighted by Crippen LogP contribution is 2.34. The maximum atomic E-state index is 14.4. The predicted octanol–water partition coefficient (Wildman–Crippen LogP) is 4.30. The van der Waals surface area contributed by atoms with Crippen LogP contribution in [0.25, 0.3) is 0 Å². The third-order valence-corrected chi connectivity index (χ3v) is 5.67. The van der Waals surface area contributed by atoms with Gasteiger partial charge in [-0.3, -0.25) is 4.90 Å². The highest BCUT2D eigenvalue weighted by molar-refractivity contribution is 5.30. The largest absolute Gasteiger partial charge is 0.382 e. The quantitative estimate of drug-likeness (QED) is 0.659. The van der Waals surface area contributed by atoms with Crippen molar-refractivity contribution in [2.75, 3.05) is 19.7 Å². The summed E-state index contributed by atoms with van der Waals surface area (Å²) in [5, 5.41) is 11.8. The number of benzene rings is 3. The molecule has 0 radical (unpaired) electrons. The summed E-state index contributed by atoms with van der Waals surface area (Å²) in [5.74, 6) is -1.07. The smallest absolute Gasteiger partial charge is 0.126 e. The van der Waals surface area contributed by atoms with E-state index in [1.165, 1.54) is 5.56 Å². The molecule has 1 heterocycles. The van der Waals surface area contributed by atoms with Crippen LogP contribution in [-0.4, -0.2) is 35.8 Å². The summed E-state index contributed by atoms with van der Waals surface area (Å²) < 4.78 is 34.2. The number of halogens is 2. The Morgan fingerprint density at radius 2 is 1.67 bits per heavy atom. The number of rotatable bonds is 6. The SMILES string of the molecule is O[C@](Cc1cc(F)ccc1F)(c1ccccc1)C1CN(Cc2ccccc2)CCO1. The molecule has 1 aliphatic rings. The lowest BCUT2D eigenvalue weighted by molar-refractivity contribution is -0.150. The molecule has 3 aromatic rings. The van der Waals surface area contributed by atoms with Gasteiger partial charge >= 0.3 is 0 Å². The van der Waals surface area contributed by atoms with Gasteiger partial charge in [-0.2, -0.15) is 0 Å². The number of aliphatic hydroxyl groups is 1. The molecule has 1 N–H and O–H groups in total. The van der Waals surface area contributed by atoms with Crippen LogP contribution in [0.3, 0.4) is 0 Å². The van der Waals surface area contributed by atoms with Crippen molar-refractivity contribution in [2.24, 2.45) is 0 Å². The molecular formula is C25H25F2NO2. The second kappa shape index (κ2) is 9.04. The number of hydrogen-bond acceptors (Lipinski definition) is 3. The van der Waals surface area contributed by atoms with Crippen LogP contribution >= 0.6 is 0 Å². The number of nitrogens with zero attached hydrogens (tertiary/aromatic N) is 1. The van der Waals surface area contributed by atoms with Crippen molar-refractivity contribution in [1.29, 1.82) is 0 Å². The Bertz CT molecular complexity index is 967. The minimum atomic E-state index is -1.49. The molecule has 5 heteroatoms. The fourth-order valence-corrected chi connectivity index (χ4v) is 4.07. The summed E-state index contributed by atoms with van der Waals surface area (Å²) in [6, 6.07) is 22.6. The van der Waals surface area contributed by atoms with Crippen LogP contribution in [0.4, 0.5) is 8.78 Å². The lowest BCUT2D eigenvalue weighted by Gasteiger charge is -2.42. The van der Waals surface area contributed by atoms with Crippen molar-refractivity contribution >= 4 is 0 Å². The normalized spacial score (nSPS) is 19.4. The highest BCUT2D eigenvalue weighted by atomic mass is 19.1. The van der Waals surface area contributed by atoms with E-state index in [1.807, 2.05) is 36.4 Å². The van der Waals surface area contributed by atoms with E-state index in [4.69, 9.17) is 4.74 Å². The van der Waals surface area contributed by atoms with Gasteiger partial charge in [0.15, 0.2) is 0 Å². The molecule has 4 rings (SSSR count). The Balaban J connectivity index is 1.63. The summed E-state index contributed by atoms with van der Waals surface area (Å²) in [5.41, 5.74) is 0.438. The zero-order chi connectivity index (χ0) is 21.0. The molecule has 0 spiro atoms. The predicted molar refractivity (Wildman–Crippen MR) is 112 cm³/mol. The molecule has 0 amide bonds. The van der Waals surface area contributed by atoms with Crippen molar-refractivity contribution in [1.82, 2.24) is 4.90 Å². The summed E-state index contributed by atoms with van der Waals surface area (Å²) in [7, 11) is 0. The van der Waals surface area contributed by atoms with Gasteiger partial charge in [0.1, 0.15) is 23.3 Å². The van der Waals surface area contributed by atoms with Gasteiger partial charge in [0.2, 0.25) is 0 Å². The molecule has 0 bridgehead atoms. The molecule has 0 saturated carbocycles. The maximum Gasteiger partial charge on any atom is 0.126 e. The molecule has 1 aliphatic heterocycles. The summed E-state index contributed by atoms with van der Waals surface area (Å²) in [4.78, 5) is 2.22. The van der Waals surface area contributed by atoms with E-state index in [2.05, 4.69) is 17.0 Å². The van der Waals surface area contributed by atoms with E-state index in [0.29, 0.717) is 18.7 Å². The van der Waals surface area contributed by atoms with E-state index < -0.39 is 23.3 Å². The molecule has 30 heavy (non-hydrogen) atoms. The standard InChI is InChI=1S/C25H25F2NO2/c26-22-11-12-23(27)20(15-22)16-25(29,21-9-5-2-6-10-21)24-18-28(13-14-30-24)17-19-7-3-1-4-8-19/h1-12,15,24,29H,13-14,16-18H2/t24?,25-/m1/s1. The van der Waals surface area contributed by atoms with Crippen molar-refractivity contribution < 1.29 is 18.6 Å². The fraction of sp³-hybridized carbons (Fsp3) is 0.280. The van der Waals surface area contributed by atoms with Gasteiger partial charge < -0.3 is 9.84 Å². The lowest BCUT2D eigenvalue weighted by atomic mass is 9.81. The number of ether oxygens (including phenoxy) is 1. The minimum Gasteiger partial charge on any atom is -0.382 e. The van der Waals surface area contributed by atoms with Crippen LogP contribution in [0.15, 0.2) is 78.9 Å². The fourth-order valence-electron chi connectivity index (χ4n) is 4.07. The maximum absolute atomic E-state index is 14.4. The Morgan fingerprint density at radius 3 is 2.40 bits per heavy atom. The van der Waals surface area contributed by atoms with Gasteiger partial charge in [0.05, 0.1) is 6.61 Å². The van der Waals surface area contributed by atoms with E-state index in [-0.39, 0.29) is 12.0 Å². The number of hydrogen-bond donors (Lipinski definition) is 1. The molecule has 1 fully saturated rings. The van der Waals surface area contributed by atoms with Crippen LogP contribution in [0.1, 0.15) is 16.7 Å². The summed E-state index contributed by atoms with van der Waals surface area (Å²) in [6.45, 7) is 2.42. The average Bonchev–Trinajstić information content (AvgIpc) is 2.78. The van der Waals surface area contributed by atoms with Crippen molar-refractivity contribution in [3.63, 3.8) is 0 Å². The van der Waals surface area contributed by atoms with Crippen molar-refractivity contribution in [3.8, 4) is 0 Å². The molecule has 0 aliphatic carbocycles. The topological polar surface area (TPSA) is 32.7 Å².